The third-order valence-corrected chi connectivity index (χ3v) is 8.51. The summed E-state index contributed by atoms with van der Waals surface area (Å²) in [6.07, 6.45) is 3.09. The molecule has 4 heterocycles. The highest BCUT2D eigenvalue weighted by Crippen LogP contribution is 2.28. The van der Waals surface area contributed by atoms with Crippen molar-refractivity contribution in [3.63, 3.8) is 0 Å². The van der Waals surface area contributed by atoms with Crippen LogP contribution in [0.4, 0.5) is 0 Å². The van der Waals surface area contributed by atoms with Crippen LogP contribution in [-0.2, 0) is 22.7 Å². The molecule has 2 aliphatic rings. The first-order valence-corrected chi connectivity index (χ1v) is 16.1. The smallest absolute Gasteiger partial charge is 0.329 e. The molecule has 0 saturated carbocycles. The fraction of sp³-hybridized carbons (Fsp3) is 0.212. The fourth-order valence-corrected chi connectivity index (χ4v) is 6.13. The molecule has 13 nitrogen and oxygen atoms in total. The third kappa shape index (κ3) is 12.2. The van der Waals surface area contributed by atoms with Gasteiger partial charge < -0.3 is 20.5 Å². The van der Waals surface area contributed by atoms with Gasteiger partial charge in [0.25, 0.3) is 5.91 Å². The minimum absolute atomic E-state index is 0. The maximum atomic E-state index is 12.3. The molecule has 0 spiro atoms. The highest BCUT2D eigenvalue weighted by atomic mass is 35.5. The maximum absolute atomic E-state index is 12.3. The number of aliphatic carboxylic acids is 1. The Hall–Kier alpha value is -4.51. The number of aliphatic imine (C=N–C) groups is 2. The number of aromatic hydroxyl groups is 2. The Morgan fingerprint density at radius 3 is 1.67 bits per heavy atom. The number of hydrogen-bond acceptors (Lipinski definition) is 13. The minimum atomic E-state index is -0.951. The molecule has 0 saturated heterocycles. The van der Waals surface area contributed by atoms with Crippen LogP contribution in [0.25, 0.3) is 0 Å². The van der Waals surface area contributed by atoms with Crippen molar-refractivity contribution in [3.8, 4) is 11.5 Å². The number of aromatic nitrogens is 2. The number of amides is 1. The quantitative estimate of drug-likeness (QED) is 0.105. The van der Waals surface area contributed by atoms with E-state index in [1.54, 1.807) is 18.3 Å². The van der Waals surface area contributed by atoms with E-state index in [1.807, 2.05) is 60.7 Å². The fourth-order valence-electron chi connectivity index (χ4n) is 4.08. The second kappa shape index (κ2) is 20.8. The molecule has 2 unspecified atom stereocenters. The summed E-state index contributed by atoms with van der Waals surface area (Å²) in [4.78, 5) is 39.2. The zero-order chi connectivity index (χ0) is 33.6. The molecule has 4 aromatic rings. The first kappa shape index (κ1) is 40.7. The molecule has 16 heteroatoms. The Morgan fingerprint density at radius 1 is 0.755 bits per heavy atom. The van der Waals surface area contributed by atoms with E-state index in [9.17, 15) is 25.0 Å². The zero-order valence-electron chi connectivity index (χ0n) is 25.2. The first-order valence-electron chi connectivity index (χ1n) is 14.1. The predicted octanol–water partition coefficient (Wildman–Crippen LogP) is 5.02. The van der Waals surface area contributed by atoms with Crippen molar-refractivity contribution in [3.05, 3.63) is 120 Å². The van der Waals surface area contributed by atoms with Gasteiger partial charge >= 0.3 is 5.97 Å². The number of hydroxylamine groups is 3. The topological polar surface area (TPSA) is 201 Å². The summed E-state index contributed by atoms with van der Waals surface area (Å²) in [6, 6.07) is 23.8. The van der Waals surface area contributed by atoms with Crippen LogP contribution < -0.4 is 5.48 Å². The molecule has 6 rings (SSSR count). The Kier molecular flexibility index (Phi) is 17.2. The van der Waals surface area contributed by atoms with Crippen LogP contribution in [0.1, 0.15) is 29.9 Å². The van der Waals surface area contributed by atoms with E-state index >= 15 is 0 Å². The number of hydrogen-bond donors (Lipinski definition) is 6. The number of rotatable bonds is 8. The molecule has 6 N–H and O–H groups in total. The lowest BCUT2D eigenvalue weighted by Crippen LogP contribution is -2.35. The van der Waals surface area contributed by atoms with Gasteiger partial charge in [0.05, 0.1) is 6.54 Å². The number of nitrogens with one attached hydrogen (secondary N) is 1. The van der Waals surface area contributed by atoms with E-state index in [4.69, 9.17) is 10.3 Å². The van der Waals surface area contributed by atoms with Gasteiger partial charge in [-0.1, -0.05) is 68.1 Å². The van der Waals surface area contributed by atoms with Crippen molar-refractivity contribution in [2.24, 2.45) is 9.98 Å². The van der Waals surface area contributed by atoms with E-state index in [0.717, 1.165) is 11.1 Å². The summed E-state index contributed by atoms with van der Waals surface area (Å²) >= 11 is 2.63. The number of nitrogens with zero attached hydrogens (tertiary/aromatic N) is 5. The Balaban J connectivity index is 0.000000276. The first-order chi connectivity index (χ1) is 22.8. The molecule has 0 fully saturated rings. The van der Waals surface area contributed by atoms with Gasteiger partial charge in [0.2, 0.25) is 0 Å². The van der Waals surface area contributed by atoms with Crippen LogP contribution >= 0.6 is 35.9 Å². The molecule has 0 bridgehead atoms. The normalized spacial score (nSPS) is 15.8. The second-order valence-electron chi connectivity index (χ2n) is 9.80. The molecular weight excluding hydrogens is 692 g/mol. The Bertz CT molecular complexity index is 1700. The highest BCUT2D eigenvalue weighted by molar-refractivity contribution is 8.15. The average molecular weight is 729 g/mol. The molecule has 2 aliphatic heterocycles. The predicted molar refractivity (Wildman–Crippen MR) is 193 cm³/mol. The minimum Gasteiger partial charge on any atom is -0.506 e. The number of pyridine rings is 2. The van der Waals surface area contributed by atoms with Gasteiger partial charge in [-0.2, -0.15) is 0 Å². The lowest BCUT2D eigenvalue weighted by molar-refractivity contribution is -0.168. The number of carbonyl (C=O) groups is 2. The van der Waals surface area contributed by atoms with Crippen molar-refractivity contribution in [2.75, 3.05) is 11.5 Å². The zero-order valence-corrected chi connectivity index (χ0v) is 27.7. The SMILES string of the molecule is C.Cl.O=C(C1CSC(c2ncccc2O)=N1)N(O)Cc1ccccc1.O=C(O)C1CSC(c2ncccc2O)=N1.ONCc1ccccc1. The van der Waals surface area contributed by atoms with Gasteiger partial charge in [-0.05, 0) is 35.4 Å². The second-order valence-corrected chi connectivity index (χ2v) is 11.8. The number of thioether (sulfide) groups is 2. The summed E-state index contributed by atoms with van der Waals surface area (Å²) in [7, 11) is 0. The Labute approximate surface area is 298 Å². The van der Waals surface area contributed by atoms with Crippen LogP contribution in [0, 0.1) is 0 Å². The van der Waals surface area contributed by atoms with Gasteiger partial charge in [0.15, 0.2) is 6.04 Å². The summed E-state index contributed by atoms with van der Waals surface area (Å²) < 4.78 is 0. The maximum Gasteiger partial charge on any atom is 0.329 e. The molecule has 0 aliphatic carbocycles. The lowest BCUT2D eigenvalue weighted by atomic mass is 10.2. The summed E-state index contributed by atoms with van der Waals surface area (Å²) in [6.45, 7) is 0.626. The van der Waals surface area contributed by atoms with Gasteiger partial charge in [-0.15, -0.1) is 35.9 Å². The molecule has 2 aromatic heterocycles. The van der Waals surface area contributed by atoms with Crippen LogP contribution in [0.3, 0.4) is 0 Å². The monoisotopic (exact) mass is 728 g/mol. The third-order valence-electron chi connectivity index (χ3n) is 6.41. The Morgan fingerprint density at radius 2 is 1.22 bits per heavy atom. The number of carbonyl (C=O) groups excluding carboxylic acids is 1. The van der Waals surface area contributed by atoms with Crippen LogP contribution in [0.5, 0.6) is 11.5 Å². The summed E-state index contributed by atoms with van der Waals surface area (Å²) in [5.74, 6) is -0.567. The van der Waals surface area contributed by atoms with E-state index in [2.05, 4.69) is 25.4 Å². The van der Waals surface area contributed by atoms with E-state index < -0.39 is 24.0 Å². The molecule has 260 valence electrons. The van der Waals surface area contributed by atoms with E-state index in [1.165, 1.54) is 41.9 Å². The molecule has 2 aromatic carbocycles. The summed E-state index contributed by atoms with van der Waals surface area (Å²) in [5.41, 5.74) is 4.72. The lowest BCUT2D eigenvalue weighted by Gasteiger charge is -2.17. The van der Waals surface area contributed by atoms with E-state index in [0.29, 0.717) is 44.6 Å². The number of carboxylic acids is 1. The van der Waals surface area contributed by atoms with Gasteiger partial charge in [0.1, 0.15) is 39.0 Å². The highest BCUT2D eigenvalue weighted by Gasteiger charge is 2.30. The van der Waals surface area contributed by atoms with Crippen LogP contribution in [0.2, 0.25) is 0 Å². The molecule has 49 heavy (non-hydrogen) atoms. The van der Waals surface area contributed by atoms with Crippen LogP contribution in [-0.4, -0.2) is 86.3 Å². The number of benzene rings is 2. The van der Waals surface area contributed by atoms with Crippen molar-refractivity contribution < 1.29 is 35.3 Å². The largest absolute Gasteiger partial charge is 0.506 e. The number of carboxylic acid groups (broad SMARTS) is 1. The molecule has 0 radical (unpaired) electrons. The molecule has 2 atom stereocenters. The van der Waals surface area contributed by atoms with Crippen molar-refractivity contribution >= 4 is 57.9 Å². The van der Waals surface area contributed by atoms with Crippen LogP contribution in [0.15, 0.2) is 107 Å². The molecular formula is C33H37ClN6O7S2. The van der Waals surface area contributed by atoms with Gasteiger partial charge in [-0.3, -0.25) is 30.0 Å². The standard InChI is InChI=1S/C16H15N3O3S.C9H8N2O3S.C7H9NO.CH4.ClH/c20-13-7-4-8-17-14(13)15-18-12(10-23-15)16(21)19(22)9-11-5-2-1-3-6-11;12-6-2-1-3-10-7(6)8-11-5(4-15-8)9(13)14;9-8-6-7-4-2-1-3-5-7;;/h1-8,12,20,22H,9-10H2;1-3,5,12H,4H2,(H,13,14);1-5,8-9H,6H2;1H4;1H. The van der Waals surface area contributed by atoms with Gasteiger partial charge in [0, 0.05) is 30.4 Å². The van der Waals surface area contributed by atoms with E-state index in [-0.39, 0.29) is 37.9 Å². The number of halogens is 1. The van der Waals surface area contributed by atoms with Crippen molar-refractivity contribution in [1.82, 2.24) is 20.5 Å². The summed E-state index contributed by atoms with van der Waals surface area (Å²) in [5, 5.41) is 48.0. The van der Waals surface area contributed by atoms with Crippen molar-refractivity contribution in [2.45, 2.75) is 32.6 Å². The van der Waals surface area contributed by atoms with Crippen molar-refractivity contribution in [1.29, 1.82) is 0 Å². The van der Waals surface area contributed by atoms with Gasteiger partial charge in [-0.25, -0.2) is 15.3 Å². The molecule has 1 amide bonds. The average Bonchev–Trinajstić information content (AvgIpc) is 3.78.